The van der Waals surface area contributed by atoms with Gasteiger partial charge in [0.05, 0.1) is 0 Å². The molecule has 0 aromatic rings. The molecule has 0 rings (SSSR count). The fourth-order valence-electron chi connectivity index (χ4n) is 2.05. The molecule has 0 radical (unpaired) electrons. The molecule has 0 aliphatic carbocycles. The molecule has 0 spiro atoms. The summed E-state index contributed by atoms with van der Waals surface area (Å²) in [5.74, 6) is -0.141. The van der Waals surface area contributed by atoms with Gasteiger partial charge in [0.15, 0.2) is 10.1 Å². The van der Waals surface area contributed by atoms with Crippen LogP contribution in [0.3, 0.4) is 0 Å². The second-order valence-electron chi connectivity index (χ2n) is 4.90. The fourth-order valence-corrected chi connectivity index (χ4v) is 2.45. The van der Waals surface area contributed by atoms with E-state index < -0.39 is 0 Å². The molecule has 1 unspecified atom stereocenters. The standard InChI is InChI=1S/C14H26O2S2/c1-2-3-4-5-6-7-8-9-10-12(14(16)18)11-13(15)17/h12H,2-11H2,1H3,(H,15,17)(H,16,18). The summed E-state index contributed by atoms with van der Waals surface area (Å²) in [6.07, 6.45) is 11.2. The van der Waals surface area contributed by atoms with Gasteiger partial charge < -0.3 is 10.2 Å². The predicted molar refractivity (Wildman–Crippen MR) is 85.8 cm³/mol. The topological polar surface area (TPSA) is 40.5 Å². The summed E-state index contributed by atoms with van der Waals surface area (Å²) < 4.78 is 0. The quantitative estimate of drug-likeness (QED) is 0.378. The number of hydrogen-bond acceptors (Lipinski definition) is 2. The van der Waals surface area contributed by atoms with Gasteiger partial charge in [-0.2, -0.15) is 0 Å². The van der Waals surface area contributed by atoms with Crippen molar-refractivity contribution in [3.8, 4) is 0 Å². The van der Waals surface area contributed by atoms with E-state index >= 15 is 0 Å². The van der Waals surface area contributed by atoms with Crippen molar-refractivity contribution in [2.45, 2.75) is 71.1 Å². The van der Waals surface area contributed by atoms with E-state index in [4.69, 9.17) is 17.3 Å². The zero-order chi connectivity index (χ0) is 13.8. The van der Waals surface area contributed by atoms with Crippen LogP contribution in [0.4, 0.5) is 0 Å². The van der Waals surface area contributed by atoms with E-state index in [9.17, 15) is 5.11 Å². The minimum absolute atomic E-state index is 0.0191. The number of hydrogen-bond donors (Lipinski definition) is 2. The van der Waals surface area contributed by atoms with Gasteiger partial charge in [-0.05, 0) is 30.9 Å². The van der Waals surface area contributed by atoms with Gasteiger partial charge in [-0.1, -0.05) is 58.3 Å². The highest BCUT2D eigenvalue weighted by atomic mass is 32.1. The Bertz CT molecular complexity index is 242. The Morgan fingerprint density at radius 2 is 1.39 bits per heavy atom. The smallest absolute Gasteiger partial charge is 0.160 e. The molecule has 0 heterocycles. The Morgan fingerprint density at radius 3 is 1.83 bits per heavy atom. The summed E-state index contributed by atoms with van der Waals surface area (Å²) in [5.41, 5.74) is 0. The Morgan fingerprint density at radius 1 is 0.889 bits per heavy atom. The fraction of sp³-hybridized carbons (Fsp3) is 0.857. The number of unbranched alkanes of at least 4 members (excludes halogenated alkanes) is 7. The van der Waals surface area contributed by atoms with Crippen LogP contribution in [0.1, 0.15) is 71.1 Å². The van der Waals surface area contributed by atoms with Gasteiger partial charge in [0.1, 0.15) is 0 Å². The first-order chi connectivity index (χ1) is 8.57. The molecule has 1 atom stereocenters. The molecule has 0 aromatic carbocycles. The van der Waals surface area contributed by atoms with E-state index in [0.29, 0.717) is 6.42 Å². The van der Waals surface area contributed by atoms with Crippen molar-refractivity contribution in [3.05, 3.63) is 0 Å². The van der Waals surface area contributed by atoms with Crippen LogP contribution >= 0.6 is 24.4 Å². The molecule has 4 heteroatoms. The van der Waals surface area contributed by atoms with Crippen LogP contribution in [0.25, 0.3) is 0 Å². The van der Waals surface area contributed by atoms with Gasteiger partial charge in [-0.3, -0.25) is 0 Å². The molecule has 0 aliphatic heterocycles. The zero-order valence-corrected chi connectivity index (χ0v) is 13.0. The van der Waals surface area contributed by atoms with Gasteiger partial charge in [-0.15, -0.1) is 0 Å². The van der Waals surface area contributed by atoms with E-state index in [-0.39, 0.29) is 16.0 Å². The molecule has 2 N–H and O–H groups in total. The average Bonchev–Trinajstić information content (AvgIpc) is 2.30. The summed E-state index contributed by atoms with van der Waals surface area (Å²) >= 11 is 9.41. The highest BCUT2D eigenvalue weighted by molar-refractivity contribution is 7.80. The van der Waals surface area contributed by atoms with Crippen LogP contribution in [0, 0.1) is 5.92 Å². The molecule has 2 nitrogen and oxygen atoms in total. The van der Waals surface area contributed by atoms with Crippen molar-refractivity contribution in [2.75, 3.05) is 0 Å². The molecule has 18 heavy (non-hydrogen) atoms. The number of thiocarbonyl (C=S) groups is 2. The Kier molecular flexibility index (Phi) is 11.7. The highest BCUT2D eigenvalue weighted by Gasteiger charge is 2.15. The van der Waals surface area contributed by atoms with Crippen LogP contribution < -0.4 is 0 Å². The van der Waals surface area contributed by atoms with Gasteiger partial charge in [-0.25, -0.2) is 0 Å². The molecule has 0 saturated heterocycles. The first-order valence-corrected chi connectivity index (χ1v) is 7.84. The first-order valence-electron chi connectivity index (χ1n) is 7.02. The van der Waals surface area contributed by atoms with Gasteiger partial charge in [0.25, 0.3) is 0 Å². The minimum Gasteiger partial charge on any atom is -0.502 e. The monoisotopic (exact) mass is 290 g/mol. The van der Waals surface area contributed by atoms with Crippen LogP contribution in [0.2, 0.25) is 0 Å². The molecule has 0 amide bonds. The van der Waals surface area contributed by atoms with Crippen molar-refractivity contribution in [1.82, 2.24) is 0 Å². The van der Waals surface area contributed by atoms with Crippen LogP contribution in [-0.4, -0.2) is 20.3 Å². The van der Waals surface area contributed by atoms with Crippen molar-refractivity contribution in [3.63, 3.8) is 0 Å². The van der Waals surface area contributed by atoms with Crippen LogP contribution in [0.15, 0.2) is 0 Å². The van der Waals surface area contributed by atoms with E-state index in [1.54, 1.807) is 0 Å². The first kappa shape index (κ1) is 17.8. The normalized spacial score (nSPS) is 12.3. The summed E-state index contributed by atoms with van der Waals surface area (Å²) in [4.78, 5) is 0. The van der Waals surface area contributed by atoms with Crippen LogP contribution in [0.5, 0.6) is 0 Å². The van der Waals surface area contributed by atoms with Crippen molar-refractivity contribution < 1.29 is 10.2 Å². The lowest BCUT2D eigenvalue weighted by Gasteiger charge is -2.12. The lowest BCUT2D eigenvalue weighted by atomic mass is 9.98. The summed E-state index contributed by atoms with van der Waals surface area (Å²) in [5, 5.41) is 18.3. The third kappa shape index (κ3) is 10.9. The molecule has 106 valence electrons. The Labute approximate surface area is 122 Å². The summed E-state index contributed by atoms with van der Waals surface area (Å²) in [6, 6.07) is 0. The van der Waals surface area contributed by atoms with Gasteiger partial charge in [0.2, 0.25) is 0 Å². The Hall–Kier alpha value is -0.220. The van der Waals surface area contributed by atoms with Crippen molar-refractivity contribution in [2.24, 2.45) is 5.92 Å². The molecular weight excluding hydrogens is 264 g/mol. The van der Waals surface area contributed by atoms with Gasteiger partial charge in [0, 0.05) is 12.3 Å². The van der Waals surface area contributed by atoms with E-state index in [0.717, 1.165) is 12.8 Å². The van der Waals surface area contributed by atoms with Crippen molar-refractivity contribution >= 4 is 34.5 Å². The van der Waals surface area contributed by atoms with E-state index in [2.05, 4.69) is 19.1 Å². The second-order valence-corrected chi connectivity index (χ2v) is 5.79. The maximum atomic E-state index is 9.32. The molecule has 0 aromatic heterocycles. The number of aliphatic hydroxyl groups excluding tert-OH is 2. The Balaban J connectivity index is 3.49. The maximum Gasteiger partial charge on any atom is 0.160 e. The summed E-state index contributed by atoms with van der Waals surface area (Å²) in [6.45, 7) is 2.23. The average molecular weight is 290 g/mol. The third-order valence-electron chi connectivity index (χ3n) is 3.18. The second kappa shape index (κ2) is 11.8. The lowest BCUT2D eigenvalue weighted by Crippen LogP contribution is -2.15. The molecule has 0 aliphatic rings. The van der Waals surface area contributed by atoms with E-state index in [1.807, 2.05) is 0 Å². The van der Waals surface area contributed by atoms with Crippen LogP contribution in [-0.2, 0) is 0 Å². The lowest BCUT2D eigenvalue weighted by molar-refractivity contribution is 0.446. The molecule has 0 bridgehead atoms. The SMILES string of the molecule is CCCCCCCCCCC(CC(O)=S)C(O)=S. The zero-order valence-electron chi connectivity index (χ0n) is 11.4. The van der Waals surface area contributed by atoms with Crippen molar-refractivity contribution in [1.29, 1.82) is 0 Å². The number of rotatable bonds is 12. The minimum atomic E-state index is -0.141. The summed E-state index contributed by atoms with van der Waals surface area (Å²) in [7, 11) is 0. The molecular formula is C14H26O2S2. The predicted octanol–water partition coefficient (Wildman–Crippen LogP) is 5.29. The van der Waals surface area contributed by atoms with Gasteiger partial charge >= 0.3 is 0 Å². The maximum absolute atomic E-state index is 9.32. The number of aliphatic hydroxyl groups is 2. The third-order valence-corrected chi connectivity index (χ3v) is 3.68. The molecule has 0 saturated carbocycles. The molecule has 0 fully saturated rings. The largest absolute Gasteiger partial charge is 0.502 e. The highest BCUT2D eigenvalue weighted by Crippen LogP contribution is 2.17. The van der Waals surface area contributed by atoms with E-state index in [1.165, 1.54) is 44.9 Å².